The van der Waals surface area contributed by atoms with Crippen molar-refractivity contribution in [2.45, 2.75) is 31.1 Å². The number of hydrogen-bond acceptors (Lipinski definition) is 5. The summed E-state index contributed by atoms with van der Waals surface area (Å²) in [6.07, 6.45) is 4.05. The van der Waals surface area contributed by atoms with Gasteiger partial charge in [0.05, 0.1) is 17.4 Å². The first kappa shape index (κ1) is 13.6. The van der Waals surface area contributed by atoms with Crippen LogP contribution in [0.15, 0.2) is 24.3 Å². The molecule has 0 bridgehead atoms. The minimum atomic E-state index is 0.395. The van der Waals surface area contributed by atoms with Crippen molar-refractivity contribution in [3.8, 4) is 0 Å². The maximum atomic E-state index is 5.99. The van der Waals surface area contributed by atoms with E-state index in [1.165, 1.54) is 19.3 Å². The van der Waals surface area contributed by atoms with Crippen molar-refractivity contribution in [3.63, 3.8) is 0 Å². The molecule has 0 saturated carbocycles. The monoisotopic (exact) mass is 289 g/mol. The minimum absolute atomic E-state index is 0.395. The third-order valence-corrected chi connectivity index (χ3v) is 4.56. The number of hydrogen-bond donors (Lipinski definition) is 1. The van der Waals surface area contributed by atoms with Crippen molar-refractivity contribution in [2.24, 2.45) is 0 Å². The van der Waals surface area contributed by atoms with Crippen molar-refractivity contribution in [3.05, 3.63) is 30.1 Å². The second-order valence-corrected chi connectivity index (χ2v) is 6.08. The molecular formula is C15H19N3OS. The molecular weight excluding hydrogens is 270 g/mol. The van der Waals surface area contributed by atoms with Crippen molar-refractivity contribution >= 4 is 28.5 Å². The number of para-hydroxylation sites is 1. The highest BCUT2D eigenvalue weighted by molar-refractivity contribution is 7.98. The Morgan fingerprint density at radius 1 is 1.25 bits per heavy atom. The normalized spacial score (nSPS) is 19.3. The molecule has 0 unspecified atom stereocenters. The van der Waals surface area contributed by atoms with E-state index in [0.29, 0.717) is 11.9 Å². The van der Waals surface area contributed by atoms with E-state index in [2.05, 4.69) is 9.97 Å². The van der Waals surface area contributed by atoms with E-state index in [4.69, 9.17) is 10.5 Å². The number of rotatable bonds is 4. The lowest BCUT2D eigenvalue weighted by molar-refractivity contribution is 0.0315. The van der Waals surface area contributed by atoms with E-state index in [1.54, 1.807) is 0 Å². The zero-order valence-electron chi connectivity index (χ0n) is 11.4. The Labute approximate surface area is 123 Å². The first-order valence-corrected chi connectivity index (χ1v) is 8.19. The fourth-order valence-corrected chi connectivity index (χ4v) is 3.39. The van der Waals surface area contributed by atoms with Gasteiger partial charge in [0.1, 0.15) is 11.6 Å². The molecule has 0 amide bonds. The molecule has 1 saturated heterocycles. The SMILES string of the molecule is Nc1nc(CSC[C@@H]2CCCCO2)nc2ccccc12. The average molecular weight is 289 g/mol. The van der Waals surface area contributed by atoms with Gasteiger partial charge in [0.25, 0.3) is 0 Å². The third kappa shape index (κ3) is 3.22. The molecule has 106 valence electrons. The summed E-state index contributed by atoms with van der Waals surface area (Å²) in [7, 11) is 0. The summed E-state index contributed by atoms with van der Waals surface area (Å²) < 4.78 is 5.72. The van der Waals surface area contributed by atoms with Gasteiger partial charge in [-0.1, -0.05) is 12.1 Å². The average Bonchev–Trinajstić information content (AvgIpc) is 2.48. The maximum absolute atomic E-state index is 5.99. The van der Waals surface area contributed by atoms with Crippen LogP contribution in [0, 0.1) is 0 Å². The number of aromatic nitrogens is 2. The van der Waals surface area contributed by atoms with Crippen LogP contribution in [0.2, 0.25) is 0 Å². The molecule has 0 spiro atoms. The molecule has 1 aromatic heterocycles. The fraction of sp³-hybridized carbons (Fsp3) is 0.467. The number of anilines is 1. The summed E-state index contributed by atoms with van der Waals surface area (Å²) in [5.41, 5.74) is 6.91. The van der Waals surface area contributed by atoms with Crippen LogP contribution in [-0.2, 0) is 10.5 Å². The topological polar surface area (TPSA) is 61.0 Å². The van der Waals surface area contributed by atoms with Gasteiger partial charge < -0.3 is 10.5 Å². The number of thioether (sulfide) groups is 1. The smallest absolute Gasteiger partial charge is 0.141 e. The Morgan fingerprint density at radius 2 is 2.15 bits per heavy atom. The molecule has 1 fully saturated rings. The lowest BCUT2D eigenvalue weighted by atomic mass is 10.1. The van der Waals surface area contributed by atoms with Gasteiger partial charge in [0.2, 0.25) is 0 Å². The number of nitrogen functional groups attached to an aromatic ring is 1. The van der Waals surface area contributed by atoms with Crippen LogP contribution in [0.4, 0.5) is 5.82 Å². The summed E-state index contributed by atoms with van der Waals surface area (Å²) in [6, 6.07) is 7.86. The Hall–Kier alpha value is -1.33. The molecule has 2 N–H and O–H groups in total. The van der Waals surface area contributed by atoms with Gasteiger partial charge in [-0.15, -0.1) is 0 Å². The number of benzene rings is 1. The van der Waals surface area contributed by atoms with Crippen LogP contribution in [0.3, 0.4) is 0 Å². The van der Waals surface area contributed by atoms with Gasteiger partial charge >= 0.3 is 0 Å². The predicted molar refractivity (Wildman–Crippen MR) is 83.7 cm³/mol. The van der Waals surface area contributed by atoms with Gasteiger partial charge in [-0.25, -0.2) is 9.97 Å². The highest BCUT2D eigenvalue weighted by Crippen LogP contribution is 2.22. The Morgan fingerprint density at radius 3 is 3.00 bits per heavy atom. The molecule has 4 nitrogen and oxygen atoms in total. The van der Waals surface area contributed by atoms with Crippen LogP contribution < -0.4 is 5.73 Å². The first-order chi connectivity index (χ1) is 9.83. The molecule has 3 rings (SSSR count). The van der Waals surface area contributed by atoms with Crippen molar-refractivity contribution in [1.29, 1.82) is 0 Å². The van der Waals surface area contributed by atoms with Crippen LogP contribution in [0.1, 0.15) is 25.1 Å². The zero-order valence-corrected chi connectivity index (χ0v) is 12.2. The highest BCUT2D eigenvalue weighted by atomic mass is 32.2. The largest absolute Gasteiger partial charge is 0.383 e. The van der Waals surface area contributed by atoms with E-state index >= 15 is 0 Å². The van der Waals surface area contributed by atoms with Crippen molar-refractivity contribution in [2.75, 3.05) is 18.1 Å². The molecule has 1 aliphatic rings. The van der Waals surface area contributed by atoms with Crippen LogP contribution in [0.5, 0.6) is 0 Å². The maximum Gasteiger partial charge on any atom is 0.141 e. The summed E-state index contributed by atoms with van der Waals surface area (Å²) in [6.45, 7) is 0.907. The van der Waals surface area contributed by atoms with Crippen molar-refractivity contribution < 1.29 is 4.74 Å². The Balaban J connectivity index is 1.62. The van der Waals surface area contributed by atoms with Crippen LogP contribution >= 0.6 is 11.8 Å². The molecule has 0 radical (unpaired) electrons. The molecule has 20 heavy (non-hydrogen) atoms. The summed E-state index contributed by atoms with van der Waals surface area (Å²) in [5, 5.41) is 0.928. The molecule has 5 heteroatoms. The standard InChI is InChI=1S/C15H19N3OS/c16-15-12-6-1-2-7-13(12)17-14(18-15)10-20-9-11-5-3-4-8-19-11/h1-2,6-7,11H,3-5,8-10H2,(H2,16,17,18)/t11-/m0/s1. The molecule has 1 atom stereocenters. The first-order valence-electron chi connectivity index (χ1n) is 7.03. The van der Waals surface area contributed by atoms with Gasteiger partial charge in [-0.3, -0.25) is 0 Å². The van der Waals surface area contributed by atoms with E-state index in [9.17, 15) is 0 Å². The molecule has 2 aromatic rings. The summed E-state index contributed by atoms with van der Waals surface area (Å²) >= 11 is 1.82. The molecule has 0 aliphatic carbocycles. The molecule has 1 aromatic carbocycles. The predicted octanol–water partition coefficient (Wildman–Crippen LogP) is 3.01. The lowest BCUT2D eigenvalue weighted by Crippen LogP contribution is -2.21. The number of nitrogens with zero attached hydrogens (tertiary/aromatic N) is 2. The van der Waals surface area contributed by atoms with Crippen LogP contribution in [0.25, 0.3) is 10.9 Å². The van der Waals surface area contributed by atoms with E-state index in [-0.39, 0.29) is 0 Å². The molecule has 2 heterocycles. The second kappa shape index (κ2) is 6.41. The summed E-state index contributed by atoms with van der Waals surface area (Å²) in [5.74, 6) is 3.17. The van der Waals surface area contributed by atoms with Gasteiger partial charge in [-0.2, -0.15) is 11.8 Å². The zero-order chi connectivity index (χ0) is 13.8. The Kier molecular flexibility index (Phi) is 4.38. The van der Waals surface area contributed by atoms with Gasteiger partial charge in [0.15, 0.2) is 0 Å². The third-order valence-electron chi connectivity index (χ3n) is 3.49. The molecule has 1 aliphatic heterocycles. The second-order valence-electron chi connectivity index (χ2n) is 5.05. The quantitative estimate of drug-likeness (QED) is 0.937. The number of fused-ring (bicyclic) bond motifs is 1. The van der Waals surface area contributed by atoms with Crippen molar-refractivity contribution in [1.82, 2.24) is 9.97 Å². The van der Waals surface area contributed by atoms with E-state index < -0.39 is 0 Å². The minimum Gasteiger partial charge on any atom is -0.383 e. The Bertz CT molecular complexity index is 584. The summed E-state index contributed by atoms with van der Waals surface area (Å²) in [4.78, 5) is 8.95. The van der Waals surface area contributed by atoms with Gasteiger partial charge in [-0.05, 0) is 31.4 Å². The van der Waals surface area contributed by atoms with E-state index in [1.807, 2.05) is 36.0 Å². The fourth-order valence-electron chi connectivity index (χ4n) is 2.44. The lowest BCUT2D eigenvalue weighted by Gasteiger charge is -2.21. The number of ether oxygens (including phenoxy) is 1. The van der Waals surface area contributed by atoms with Crippen LogP contribution in [-0.4, -0.2) is 28.4 Å². The van der Waals surface area contributed by atoms with E-state index in [0.717, 1.165) is 34.8 Å². The number of nitrogens with two attached hydrogens (primary N) is 1. The van der Waals surface area contributed by atoms with Gasteiger partial charge in [0, 0.05) is 17.7 Å². The highest BCUT2D eigenvalue weighted by Gasteiger charge is 2.14.